The molecule has 0 bridgehead atoms. The van der Waals surface area contributed by atoms with Crippen molar-refractivity contribution in [3.8, 4) is 17.2 Å². The lowest BCUT2D eigenvalue weighted by Gasteiger charge is -2.29. The number of hydrogen-bond donors (Lipinski definition) is 0. The Bertz CT molecular complexity index is 552. The summed E-state index contributed by atoms with van der Waals surface area (Å²) in [5, 5.41) is 1.54. The van der Waals surface area contributed by atoms with Crippen LogP contribution in [0.3, 0.4) is 0 Å². The molecule has 24 heavy (non-hydrogen) atoms. The second-order valence-corrected chi connectivity index (χ2v) is 5.41. The van der Waals surface area contributed by atoms with E-state index in [2.05, 4.69) is 16.4 Å². The number of alkyl halides is 6. The van der Waals surface area contributed by atoms with Crippen molar-refractivity contribution in [3.05, 3.63) is 18.2 Å². The third kappa shape index (κ3) is 5.99. The van der Waals surface area contributed by atoms with Gasteiger partial charge in [0.15, 0.2) is 17.2 Å². The Balaban J connectivity index is 2.16. The summed E-state index contributed by atoms with van der Waals surface area (Å²) in [5.41, 5.74) is 0. The molecule has 0 unspecified atom stereocenters. The van der Waals surface area contributed by atoms with E-state index in [0.717, 1.165) is 25.0 Å². The summed E-state index contributed by atoms with van der Waals surface area (Å²) < 4.78 is 81.1. The molecule has 2 rings (SSSR count). The normalized spacial score (nSPS) is 17.6. The first-order valence-electron chi connectivity index (χ1n) is 7.10. The van der Waals surface area contributed by atoms with Gasteiger partial charge >= 0.3 is 12.7 Å². The fraction of sp³-hybridized carbons (Fsp3) is 0.571. The number of benzene rings is 1. The maximum absolute atomic E-state index is 12.4. The molecule has 10 heteroatoms. The minimum Gasteiger partial charge on any atom is -0.406 e. The van der Waals surface area contributed by atoms with E-state index in [1.54, 1.807) is 0 Å². The fourth-order valence-electron chi connectivity index (χ4n) is 2.18. The van der Waals surface area contributed by atoms with Gasteiger partial charge in [-0.2, -0.15) is 0 Å². The van der Waals surface area contributed by atoms with E-state index in [1.807, 2.05) is 0 Å². The number of hydroxylamine groups is 2. The van der Waals surface area contributed by atoms with Crippen LogP contribution in [0.5, 0.6) is 17.2 Å². The van der Waals surface area contributed by atoms with Gasteiger partial charge in [-0.1, -0.05) is 6.92 Å². The van der Waals surface area contributed by atoms with Crippen molar-refractivity contribution in [3.63, 3.8) is 0 Å². The lowest BCUT2D eigenvalue weighted by molar-refractivity contribution is -0.287. The first-order valence-corrected chi connectivity index (χ1v) is 7.10. The molecule has 0 aromatic heterocycles. The van der Waals surface area contributed by atoms with Crippen LogP contribution < -0.4 is 14.3 Å². The highest BCUT2D eigenvalue weighted by atomic mass is 19.4. The van der Waals surface area contributed by atoms with Crippen LogP contribution in [0, 0.1) is 5.92 Å². The van der Waals surface area contributed by atoms with E-state index in [4.69, 9.17) is 4.84 Å². The quantitative estimate of drug-likeness (QED) is 0.741. The van der Waals surface area contributed by atoms with E-state index in [9.17, 15) is 26.3 Å². The Kier molecular flexibility index (Phi) is 5.36. The lowest BCUT2D eigenvalue weighted by Crippen LogP contribution is -2.35. The van der Waals surface area contributed by atoms with E-state index in [0.29, 0.717) is 25.1 Å². The summed E-state index contributed by atoms with van der Waals surface area (Å²) in [6.45, 7) is 3.20. The molecule has 1 aromatic rings. The van der Waals surface area contributed by atoms with Gasteiger partial charge < -0.3 is 14.3 Å². The Morgan fingerprint density at radius 2 is 1.46 bits per heavy atom. The molecule has 0 radical (unpaired) electrons. The van der Waals surface area contributed by atoms with Gasteiger partial charge in [0.05, 0.1) is 0 Å². The maximum Gasteiger partial charge on any atom is 0.573 e. The van der Waals surface area contributed by atoms with Gasteiger partial charge in [-0.15, -0.1) is 31.4 Å². The third-order valence-corrected chi connectivity index (χ3v) is 3.34. The number of piperidine rings is 1. The number of nitrogens with zero attached hydrogens (tertiary/aromatic N) is 1. The first-order chi connectivity index (χ1) is 11.0. The van der Waals surface area contributed by atoms with E-state index < -0.39 is 24.2 Å². The van der Waals surface area contributed by atoms with E-state index in [1.165, 1.54) is 5.06 Å². The highest BCUT2D eigenvalue weighted by molar-refractivity contribution is 5.45. The Morgan fingerprint density at radius 1 is 0.917 bits per heavy atom. The van der Waals surface area contributed by atoms with E-state index >= 15 is 0 Å². The smallest absolute Gasteiger partial charge is 0.406 e. The molecule has 1 aliphatic rings. The summed E-state index contributed by atoms with van der Waals surface area (Å²) in [7, 11) is 0. The van der Waals surface area contributed by atoms with Crippen LogP contribution in [-0.4, -0.2) is 30.9 Å². The minimum absolute atomic E-state index is 0.0710. The van der Waals surface area contributed by atoms with Crippen molar-refractivity contribution in [2.45, 2.75) is 32.5 Å². The average molecular weight is 359 g/mol. The highest BCUT2D eigenvalue weighted by Gasteiger charge is 2.37. The fourth-order valence-corrected chi connectivity index (χ4v) is 2.18. The molecule has 0 aliphatic carbocycles. The Labute approximate surface area is 133 Å². The van der Waals surface area contributed by atoms with Crippen LogP contribution in [-0.2, 0) is 0 Å². The summed E-state index contributed by atoms with van der Waals surface area (Å²) in [4.78, 5) is 5.39. The van der Waals surface area contributed by atoms with Gasteiger partial charge in [0.1, 0.15) is 0 Å². The largest absolute Gasteiger partial charge is 0.573 e. The van der Waals surface area contributed by atoms with Gasteiger partial charge in [-0.25, -0.2) is 0 Å². The molecule has 0 atom stereocenters. The van der Waals surface area contributed by atoms with Gasteiger partial charge in [0.2, 0.25) is 0 Å². The Morgan fingerprint density at radius 3 is 2.00 bits per heavy atom. The zero-order chi connectivity index (χ0) is 18.0. The number of halogens is 6. The average Bonchev–Trinajstić information content (AvgIpc) is 2.41. The molecule has 1 saturated heterocycles. The van der Waals surface area contributed by atoms with Gasteiger partial charge in [-0.05, 0) is 30.9 Å². The molecule has 4 nitrogen and oxygen atoms in total. The van der Waals surface area contributed by atoms with Crippen LogP contribution in [0.2, 0.25) is 0 Å². The summed E-state index contributed by atoms with van der Waals surface area (Å²) in [5.74, 6) is -1.78. The van der Waals surface area contributed by atoms with Crippen molar-refractivity contribution >= 4 is 0 Å². The topological polar surface area (TPSA) is 30.9 Å². The molecule has 0 spiro atoms. The first kappa shape index (κ1) is 18.5. The molecular formula is C14H15F6NO3. The van der Waals surface area contributed by atoms with Crippen molar-refractivity contribution in [2.24, 2.45) is 5.92 Å². The van der Waals surface area contributed by atoms with Crippen LogP contribution in [0.1, 0.15) is 19.8 Å². The van der Waals surface area contributed by atoms with Crippen LogP contribution in [0.15, 0.2) is 18.2 Å². The van der Waals surface area contributed by atoms with Crippen molar-refractivity contribution < 1.29 is 40.7 Å². The summed E-state index contributed by atoms with van der Waals surface area (Å²) >= 11 is 0. The number of rotatable bonds is 4. The number of hydrogen-bond acceptors (Lipinski definition) is 4. The zero-order valence-corrected chi connectivity index (χ0v) is 12.6. The zero-order valence-electron chi connectivity index (χ0n) is 12.6. The molecule has 136 valence electrons. The molecule has 0 N–H and O–H groups in total. The highest BCUT2D eigenvalue weighted by Crippen LogP contribution is 2.38. The molecule has 0 amide bonds. The van der Waals surface area contributed by atoms with Crippen molar-refractivity contribution in [1.29, 1.82) is 0 Å². The lowest BCUT2D eigenvalue weighted by atomic mass is 10.0. The van der Waals surface area contributed by atoms with Gasteiger partial charge in [0, 0.05) is 19.2 Å². The second kappa shape index (κ2) is 6.96. The van der Waals surface area contributed by atoms with Gasteiger partial charge in [0.25, 0.3) is 0 Å². The number of ether oxygens (including phenoxy) is 2. The molecule has 0 saturated carbocycles. The Hall–Kier alpha value is -1.84. The summed E-state index contributed by atoms with van der Waals surface area (Å²) in [6, 6.07) is 2.52. The predicted molar refractivity (Wildman–Crippen MR) is 70.4 cm³/mol. The molecule has 1 aromatic carbocycles. The monoisotopic (exact) mass is 359 g/mol. The van der Waals surface area contributed by atoms with Crippen LogP contribution in [0.4, 0.5) is 26.3 Å². The molecule has 1 heterocycles. The second-order valence-electron chi connectivity index (χ2n) is 5.41. The van der Waals surface area contributed by atoms with Crippen molar-refractivity contribution in [2.75, 3.05) is 13.1 Å². The third-order valence-electron chi connectivity index (χ3n) is 3.34. The standard InChI is InChI=1S/C14H15F6NO3/c1-9-4-6-21(7-5-9)24-10-2-3-11(22-13(15,16)17)12(8-10)23-14(18,19)20/h2-3,8-9H,4-7H2,1H3. The predicted octanol–water partition coefficient (Wildman–Crippen LogP) is 4.51. The summed E-state index contributed by atoms with van der Waals surface area (Å²) in [6.07, 6.45) is -8.61. The SMILES string of the molecule is CC1CCN(Oc2ccc(OC(F)(F)F)c(OC(F)(F)F)c2)CC1. The van der Waals surface area contributed by atoms with Gasteiger partial charge in [-0.3, -0.25) is 0 Å². The molecule has 1 fully saturated rings. The van der Waals surface area contributed by atoms with Crippen molar-refractivity contribution in [1.82, 2.24) is 5.06 Å². The van der Waals surface area contributed by atoms with Crippen LogP contribution >= 0.6 is 0 Å². The molecule has 1 aliphatic heterocycles. The molecular weight excluding hydrogens is 344 g/mol. The van der Waals surface area contributed by atoms with Crippen LogP contribution in [0.25, 0.3) is 0 Å². The maximum atomic E-state index is 12.4. The van der Waals surface area contributed by atoms with E-state index in [-0.39, 0.29) is 5.75 Å². The minimum atomic E-state index is -5.16.